The number of likely N-dealkylation sites (N-methyl/N-ethyl adjacent to an activating group) is 1. The SMILES string of the molecule is CC1C(=O)N(C)c2ccc(C(O)c3ccc(Cl)cc3)cc21. The number of benzene rings is 2. The van der Waals surface area contributed by atoms with Crippen molar-refractivity contribution in [3.05, 3.63) is 64.2 Å². The smallest absolute Gasteiger partial charge is 0.234 e. The van der Waals surface area contributed by atoms with Gasteiger partial charge in [0, 0.05) is 17.8 Å². The highest BCUT2D eigenvalue weighted by molar-refractivity contribution is 6.30. The van der Waals surface area contributed by atoms with Crippen molar-refractivity contribution in [2.75, 3.05) is 11.9 Å². The molecular formula is C17H16ClNO2. The van der Waals surface area contributed by atoms with E-state index in [4.69, 9.17) is 11.6 Å². The molecule has 2 aromatic rings. The van der Waals surface area contributed by atoms with Gasteiger partial charge in [0.05, 0.1) is 5.92 Å². The second-order valence-electron chi connectivity index (χ2n) is 5.39. The Morgan fingerprint density at radius 3 is 2.43 bits per heavy atom. The molecule has 1 amide bonds. The van der Waals surface area contributed by atoms with Crippen molar-refractivity contribution in [1.82, 2.24) is 0 Å². The van der Waals surface area contributed by atoms with E-state index in [1.807, 2.05) is 25.1 Å². The Hall–Kier alpha value is -1.84. The summed E-state index contributed by atoms with van der Waals surface area (Å²) in [6.07, 6.45) is -0.722. The maximum absolute atomic E-state index is 12.0. The van der Waals surface area contributed by atoms with Gasteiger partial charge in [-0.3, -0.25) is 4.79 Å². The Bertz CT molecular complexity index is 696. The minimum Gasteiger partial charge on any atom is -0.384 e. The molecule has 1 heterocycles. The normalized spacial score (nSPS) is 18.8. The summed E-state index contributed by atoms with van der Waals surface area (Å²) in [7, 11) is 1.78. The van der Waals surface area contributed by atoms with Crippen LogP contribution in [0.25, 0.3) is 0 Å². The monoisotopic (exact) mass is 301 g/mol. The molecule has 2 atom stereocenters. The first-order valence-corrected chi connectivity index (χ1v) is 7.22. The summed E-state index contributed by atoms with van der Waals surface area (Å²) in [6, 6.07) is 12.8. The highest BCUT2D eigenvalue weighted by Crippen LogP contribution is 2.38. The highest BCUT2D eigenvalue weighted by atomic mass is 35.5. The lowest BCUT2D eigenvalue weighted by molar-refractivity contribution is -0.118. The third kappa shape index (κ3) is 2.33. The van der Waals surface area contributed by atoms with E-state index in [-0.39, 0.29) is 11.8 Å². The number of nitrogens with zero attached hydrogens (tertiary/aromatic N) is 1. The minimum absolute atomic E-state index is 0.0862. The fourth-order valence-corrected chi connectivity index (χ4v) is 2.90. The van der Waals surface area contributed by atoms with Gasteiger partial charge in [-0.15, -0.1) is 0 Å². The Morgan fingerprint density at radius 2 is 1.76 bits per heavy atom. The summed E-state index contributed by atoms with van der Waals surface area (Å²) in [4.78, 5) is 13.7. The number of amides is 1. The quantitative estimate of drug-likeness (QED) is 0.922. The van der Waals surface area contributed by atoms with Crippen LogP contribution in [0.5, 0.6) is 0 Å². The summed E-state index contributed by atoms with van der Waals surface area (Å²) < 4.78 is 0. The fourth-order valence-electron chi connectivity index (χ4n) is 2.78. The number of carbonyl (C=O) groups excluding carboxylic acids is 1. The molecule has 2 unspecified atom stereocenters. The highest BCUT2D eigenvalue weighted by Gasteiger charge is 2.32. The first kappa shape index (κ1) is 14.1. The number of aliphatic hydroxyl groups excluding tert-OH is 1. The standard InChI is InChI=1S/C17H16ClNO2/c1-10-14-9-12(5-8-15(14)19(2)17(10)21)16(20)11-3-6-13(18)7-4-11/h3-10,16,20H,1-2H3. The fraction of sp³-hybridized carbons (Fsp3) is 0.235. The van der Waals surface area contributed by atoms with Crippen LogP contribution in [0.3, 0.4) is 0 Å². The van der Waals surface area contributed by atoms with E-state index in [0.29, 0.717) is 5.02 Å². The molecule has 2 aromatic carbocycles. The number of hydrogen-bond acceptors (Lipinski definition) is 2. The van der Waals surface area contributed by atoms with Crippen LogP contribution in [0.1, 0.15) is 35.6 Å². The van der Waals surface area contributed by atoms with Gasteiger partial charge in [-0.25, -0.2) is 0 Å². The van der Waals surface area contributed by atoms with Gasteiger partial charge in [0.2, 0.25) is 5.91 Å². The first-order valence-electron chi connectivity index (χ1n) is 6.84. The molecule has 3 rings (SSSR count). The zero-order valence-corrected chi connectivity index (χ0v) is 12.6. The Morgan fingerprint density at radius 1 is 1.14 bits per heavy atom. The van der Waals surface area contributed by atoms with Crippen LogP contribution in [-0.4, -0.2) is 18.1 Å². The van der Waals surface area contributed by atoms with Crippen LogP contribution in [0.4, 0.5) is 5.69 Å². The van der Waals surface area contributed by atoms with Crippen molar-refractivity contribution in [2.45, 2.75) is 18.9 Å². The van der Waals surface area contributed by atoms with Crippen molar-refractivity contribution < 1.29 is 9.90 Å². The summed E-state index contributed by atoms with van der Waals surface area (Å²) in [6.45, 7) is 1.89. The van der Waals surface area contributed by atoms with Gasteiger partial charge in [-0.05, 0) is 47.9 Å². The Kier molecular flexibility index (Phi) is 3.47. The van der Waals surface area contributed by atoms with E-state index < -0.39 is 6.10 Å². The summed E-state index contributed by atoms with van der Waals surface area (Å²) >= 11 is 5.87. The van der Waals surface area contributed by atoms with Gasteiger partial charge in [-0.2, -0.15) is 0 Å². The number of hydrogen-bond donors (Lipinski definition) is 1. The zero-order chi connectivity index (χ0) is 15.1. The molecule has 0 radical (unpaired) electrons. The van der Waals surface area contributed by atoms with Gasteiger partial charge in [0.15, 0.2) is 0 Å². The van der Waals surface area contributed by atoms with E-state index in [9.17, 15) is 9.90 Å². The third-order valence-corrected chi connectivity index (χ3v) is 4.33. The van der Waals surface area contributed by atoms with E-state index in [1.54, 1.807) is 36.2 Å². The predicted molar refractivity (Wildman–Crippen MR) is 83.8 cm³/mol. The number of aliphatic hydroxyl groups is 1. The van der Waals surface area contributed by atoms with E-state index in [0.717, 1.165) is 22.4 Å². The lowest BCUT2D eigenvalue weighted by Crippen LogP contribution is -2.22. The van der Waals surface area contributed by atoms with Gasteiger partial charge < -0.3 is 10.0 Å². The molecule has 1 aliphatic heterocycles. The number of halogens is 1. The first-order chi connectivity index (χ1) is 9.99. The molecule has 0 bridgehead atoms. The number of fused-ring (bicyclic) bond motifs is 1. The molecule has 108 valence electrons. The third-order valence-electron chi connectivity index (χ3n) is 4.08. The molecule has 0 saturated heterocycles. The molecule has 0 spiro atoms. The average molecular weight is 302 g/mol. The maximum atomic E-state index is 12.0. The molecule has 0 fully saturated rings. The van der Waals surface area contributed by atoms with Crippen LogP contribution in [0.15, 0.2) is 42.5 Å². The maximum Gasteiger partial charge on any atom is 0.234 e. The number of carbonyl (C=O) groups is 1. The molecule has 1 aliphatic rings. The van der Waals surface area contributed by atoms with Crippen molar-refractivity contribution in [1.29, 1.82) is 0 Å². The predicted octanol–water partition coefficient (Wildman–Crippen LogP) is 3.50. The molecule has 0 aromatic heterocycles. The molecule has 0 saturated carbocycles. The molecule has 0 aliphatic carbocycles. The minimum atomic E-state index is -0.722. The van der Waals surface area contributed by atoms with Crippen molar-refractivity contribution in [2.24, 2.45) is 0 Å². The number of anilines is 1. The van der Waals surface area contributed by atoms with E-state index in [2.05, 4.69) is 0 Å². The van der Waals surface area contributed by atoms with Crippen molar-refractivity contribution in [3.63, 3.8) is 0 Å². The molecular weight excluding hydrogens is 286 g/mol. The Balaban J connectivity index is 1.98. The topological polar surface area (TPSA) is 40.5 Å². The second-order valence-corrected chi connectivity index (χ2v) is 5.83. The van der Waals surface area contributed by atoms with E-state index >= 15 is 0 Å². The van der Waals surface area contributed by atoms with Gasteiger partial charge in [0.25, 0.3) is 0 Å². The lowest BCUT2D eigenvalue weighted by Gasteiger charge is -2.14. The zero-order valence-electron chi connectivity index (χ0n) is 11.9. The van der Waals surface area contributed by atoms with Crippen LogP contribution in [0.2, 0.25) is 5.02 Å². The van der Waals surface area contributed by atoms with Gasteiger partial charge >= 0.3 is 0 Å². The van der Waals surface area contributed by atoms with Crippen LogP contribution in [0, 0.1) is 0 Å². The summed E-state index contributed by atoms with van der Waals surface area (Å²) in [5.74, 6) is -0.0782. The van der Waals surface area contributed by atoms with Crippen LogP contribution in [-0.2, 0) is 4.79 Å². The van der Waals surface area contributed by atoms with Crippen LogP contribution < -0.4 is 4.90 Å². The van der Waals surface area contributed by atoms with Gasteiger partial charge in [0.1, 0.15) is 6.10 Å². The average Bonchev–Trinajstić information content (AvgIpc) is 2.72. The summed E-state index contributed by atoms with van der Waals surface area (Å²) in [5, 5.41) is 11.1. The molecule has 1 N–H and O–H groups in total. The lowest BCUT2D eigenvalue weighted by atomic mass is 9.95. The summed E-state index contributed by atoms with van der Waals surface area (Å²) in [5.41, 5.74) is 3.45. The molecule has 3 nitrogen and oxygen atoms in total. The van der Waals surface area contributed by atoms with E-state index in [1.165, 1.54) is 0 Å². The Labute approximate surface area is 128 Å². The largest absolute Gasteiger partial charge is 0.384 e. The van der Waals surface area contributed by atoms with Crippen molar-refractivity contribution in [3.8, 4) is 0 Å². The van der Waals surface area contributed by atoms with Gasteiger partial charge in [-0.1, -0.05) is 29.8 Å². The van der Waals surface area contributed by atoms with Crippen LogP contribution >= 0.6 is 11.6 Å². The molecule has 21 heavy (non-hydrogen) atoms. The number of rotatable bonds is 2. The van der Waals surface area contributed by atoms with Crippen molar-refractivity contribution >= 4 is 23.2 Å². The second kappa shape index (κ2) is 5.17. The molecule has 4 heteroatoms.